The standard InChI is InChI=1S/C21H32N6O19P2/c1-6(29)24-10-7(30)2-21(19(36)37,44-15(10)12(32)8(31)3-28)45-48(40,41)46-47(38,39)42-4-9-13(33)14(34)18(43-9)27-5-23-11-16(27)25-20(22)26-17(11)35/h5,7-10,12-15,18,28,30-34H,2-4H2,1H3,(H,24,29)(H,36,37)(H,38,39)(H,40,41)(H3,22,25,26,35)/t7-,8+,9+,10+,12+,13+,14+,15+,18+,21+/m0/s1. The number of nitrogen functional groups attached to an aromatic ring is 1. The Morgan fingerprint density at radius 1 is 1.23 bits per heavy atom. The summed E-state index contributed by atoms with van der Waals surface area (Å²) in [6.07, 6.45) is -15.5. The maximum atomic E-state index is 12.8. The van der Waals surface area contributed by atoms with Crippen LogP contribution in [-0.2, 0) is 41.6 Å². The van der Waals surface area contributed by atoms with Gasteiger partial charge in [-0.05, 0) is 0 Å². The highest BCUT2D eigenvalue weighted by Gasteiger charge is 2.59. The molecule has 0 aromatic carbocycles. The summed E-state index contributed by atoms with van der Waals surface area (Å²) in [5.41, 5.74) is 4.41. The lowest BCUT2D eigenvalue weighted by Gasteiger charge is -2.46. The Kier molecular flexibility index (Phi) is 11.1. The molecule has 0 spiro atoms. The Bertz CT molecular complexity index is 1670. The van der Waals surface area contributed by atoms with Crippen LogP contribution in [0.5, 0.6) is 0 Å². The predicted molar refractivity (Wildman–Crippen MR) is 149 cm³/mol. The molecule has 2 saturated heterocycles. The van der Waals surface area contributed by atoms with E-state index in [9.17, 15) is 69.0 Å². The highest BCUT2D eigenvalue weighted by atomic mass is 31.3. The van der Waals surface area contributed by atoms with Crippen LogP contribution in [0.4, 0.5) is 5.95 Å². The molecular formula is C21H32N6O19P2. The smallest absolute Gasteiger partial charge is 0.477 e. The molecule has 25 nitrogen and oxygen atoms in total. The number of amides is 1. The molecule has 27 heteroatoms. The Balaban J connectivity index is 1.48. The van der Waals surface area contributed by atoms with Crippen molar-refractivity contribution >= 4 is 44.6 Å². The summed E-state index contributed by atoms with van der Waals surface area (Å²) in [5, 5.41) is 73.1. The number of aromatic nitrogens is 4. The average molecular weight is 734 g/mol. The minimum absolute atomic E-state index is 0.171. The molecule has 0 saturated carbocycles. The molecule has 1 amide bonds. The third-order valence-electron chi connectivity index (χ3n) is 7.12. The number of nitrogens with zero attached hydrogens (tertiary/aromatic N) is 3. The van der Waals surface area contributed by atoms with Gasteiger partial charge in [-0.15, -0.1) is 0 Å². The van der Waals surface area contributed by atoms with Crippen LogP contribution in [0.15, 0.2) is 11.1 Å². The third-order valence-corrected chi connectivity index (χ3v) is 9.77. The van der Waals surface area contributed by atoms with Gasteiger partial charge in [0.25, 0.3) is 11.3 Å². The van der Waals surface area contributed by atoms with E-state index in [0.717, 1.165) is 17.8 Å². The van der Waals surface area contributed by atoms with Crippen molar-refractivity contribution in [2.24, 2.45) is 0 Å². The van der Waals surface area contributed by atoms with Gasteiger partial charge in [0.1, 0.15) is 36.6 Å². The number of nitrogens with one attached hydrogen (secondary N) is 2. The highest BCUT2D eigenvalue weighted by Crippen LogP contribution is 2.63. The number of rotatable bonds is 13. The zero-order valence-corrected chi connectivity index (χ0v) is 26.1. The van der Waals surface area contributed by atoms with E-state index in [0.29, 0.717) is 0 Å². The molecule has 12 atom stereocenters. The monoisotopic (exact) mass is 734 g/mol. The number of aromatic amines is 1. The van der Waals surface area contributed by atoms with Crippen molar-refractivity contribution in [1.29, 1.82) is 0 Å². The van der Waals surface area contributed by atoms with Crippen molar-refractivity contribution in [1.82, 2.24) is 24.8 Å². The van der Waals surface area contributed by atoms with Gasteiger partial charge < -0.3 is 66.1 Å². The van der Waals surface area contributed by atoms with Gasteiger partial charge in [0.2, 0.25) is 11.9 Å². The second-order valence-electron chi connectivity index (χ2n) is 10.6. The lowest BCUT2D eigenvalue weighted by atomic mass is 9.88. The second kappa shape index (κ2) is 14.1. The molecule has 2 unspecified atom stereocenters. The number of aliphatic hydroxyl groups excluding tert-OH is 6. The lowest BCUT2D eigenvalue weighted by molar-refractivity contribution is -0.288. The largest absolute Gasteiger partial charge is 0.484 e. The van der Waals surface area contributed by atoms with Crippen LogP contribution < -0.4 is 16.6 Å². The van der Waals surface area contributed by atoms with Gasteiger partial charge in [0.05, 0.1) is 31.7 Å². The van der Waals surface area contributed by atoms with Crippen molar-refractivity contribution in [2.75, 3.05) is 18.9 Å². The van der Waals surface area contributed by atoms with Gasteiger partial charge >= 0.3 is 21.6 Å². The lowest BCUT2D eigenvalue weighted by Crippen LogP contribution is -2.67. The maximum absolute atomic E-state index is 12.8. The molecule has 4 rings (SSSR count). The van der Waals surface area contributed by atoms with E-state index in [1.54, 1.807) is 0 Å². The number of aliphatic hydroxyl groups is 6. The number of imidazole rings is 1. The number of phosphoric ester groups is 2. The van der Waals surface area contributed by atoms with E-state index in [2.05, 4.69) is 33.6 Å². The number of ether oxygens (including phenoxy) is 2. The zero-order valence-electron chi connectivity index (χ0n) is 24.3. The molecule has 48 heavy (non-hydrogen) atoms. The quantitative estimate of drug-likeness (QED) is 0.0855. The van der Waals surface area contributed by atoms with E-state index in [1.165, 1.54) is 0 Å². The number of nitrogens with two attached hydrogens (primary N) is 1. The normalized spacial score (nSPS) is 33.1. The molecule has 270 valence electrons. The van der Waals surface area contributed by atoms with E-state index >= 15 is 0 Å². The molecule has 0 bridgehead atoms. The van der Waals surface area contributed by atoms with Crippen molar-refractivity contribution in [2.45, 2.75) is 74.1 Å². The number of carboxylic acid groups (broad SMARTS) is 1. The molecular weight excluding hydrogens is 702 g/mol. The van der Waals surface area contributed by atoms with Gasteiger partial charge in [-0.1, -0.05) is 0 Å². The summed E-state index contributed by atoms with van der Waals surface area (Å²) in [7, 11) is -11.9. The number of aliphatic carboxylic acids is 1. The van der Waals surface area contributed by atoms with Crippen molar-refractivity contribution in [3.8, 4) is 0 Å². The number of carbonyl (C=O) groups excluding carboxylic acids is 1. The van der Waals surface area contributed by atoms with Crippen LogP contribution in [0.25, 0.3) is 11.2 Å². The van der Waals surface area contributed by atoms with Crippen molar-refractivity contribution < 1.29 is 87.1 Å². The van der Waals surface area contributed by atoms with Crippen LogP contribution in [0, 0.1) is 0 Å². The average Bonchev–Trinajstić information content (AvgIpc) is 3.51. The zero-order chi connectivity index (χ0) is 35.9. The molecule has 0 radical (unpaired) electrons. The predicted octanol–water partition coefficient (Wildman–Crippen LogP) is -5.28. The van der Waals surface area contributed by atoms with Gasteiger partial charge in [-0.3, -0.25) is 23.7 Å². The SMILES string of the molecule is CC(=O)N[C@H]1[C@H]([C@H](O)[C@H](O)CO)O[C@](OP(=O)(O)OP(=O)(O)OC[C@H]2O[C@@H](n3cnc4c(=O)[nH]c(N)nc43)[C@H](O)[C@@H]2O)(C(=O)O)C[C@@H]1O. The Morgan fingerprint density at radius 3 is 2.50 bits per heavy atom. The van der Waals surface area contributed by atoms with E-state index < -0.39 is 114 Å². The van der Waals surface area contributed by atoms with E-state index in [-0.39, 0.29) is 17.1 Å². The minimum atomic E-state index is -6.09. The highest BCUT2D eigenvalue weighted by molar-refractivity contribution is 7.61. The number of fused-ring (bicyclic) bond motifs is 1. The van der Waals surface area contributed by atoms with Crippen LogP contribution in [-0.4, -0.2) is 145 Å². The maximum Gasteiger partial charge on any atom is 0.484 e. The first-order valence-electron chi connectivity index (χ1n) is 13.5. The minimum Gasteiger partial charge on any atom is -0.477 e. The van der Waals surface area contributed by atoms with E-state index in [4.69, 9.17) is 15.2 Å². The number of anilines is 1. The molecule has 4 heterocycles. The summed E-state index contributed by atoms with van der Waals surface area (Å²) >= 11 is 0. The molecule has 13 N–H and O–H groups in total. The van der Waals surface area contributed by atoms with Gasteiger partial charge in [0.15, 0.2) is 17.4 Å². The molecule has 2 aromatic heterocycles. The molecule has 2 fully saturated rings. The summed E-state index contributed by atoms with van der Waals surface area (Å²) < 4.78 is 50.4. The first-order valence-corrected chi connectivity index (χ1v) is 16.5. The van der Waals surface area contributed by atoms with Gasteiger partial charge in [-0.25, -0.2) is 23.4 Å². The van der Waals surface area contributed by atoms with Gasteiger partial charge in [-0.2, -0.15) is 9.29 Å². The number of phosphoric acid groups is 2. The topological polar surface area (TPSA) is 398 Å². The van der Waals surface area contributed by atoms with Gasteiger partial charge in [0, 0.05) is 13.3 Å². The molecule has 2 aliphatic heterocycles. The number of H-pyrrole nitrogens is 1. The number of hydrogen-bond acceptors (Lipinski definition) is 19. The van der Waals surface area contributed by atoms with Crippen LogP contribution >= 0.6 is 15.6 Å². The van der Waals surface area contributed by atoms with Crippen molar-refractivity contribution in [3.05, 3.63) is 16.7 Å². The molecule has 0 aliphatic carbocycles. The first-order chi connectivity index (χ1) is 22.2. The number of carbonyl (C=O) groups is 2. The Hall–Kier alpha value is -2.97. The fourth-order valence-electron chi connectivity index (χ4n) is 4.97. The van der Waals surface area contributed by atoms with Crippen LogP contribution in [0.3, 0.4) is 0 Å². The summed E-state index contributed by atoms with van der Waals surface area (Å²) in [4.78, 5) is 66.2. The molecule has 2 aromatic rings. The molecule has 2 aliphatic rings. The Labute approximate surface area is 266 Å². The van der Waals surface area contributed by atoms with E-state index in [1.807, 2.05) is 0 Å². The first kappa shape index (κ1) is 37.8. The summed E-state index contributed by atoms with van der Waals surface area (Å²) in [6, 6.07) is -1.67. The fraction of sp³-hybridized carbons (Fsp3) is 0.667. The third kappa shape index (κ3) is 7.91. The number of carboxylic acids is 1. The fourth-order valence-corrected chi connectivity index (χ4v) is 7.24. The van der Waals surface area contributed by atoms with Crippen molar-refractivity contribution in [3.63, 3.8) is 0 Å². The second-order valence-corrected chi connectivity index (χ2v) is 13.6. The Morgan fingerprint density at radius 2 is 1.90 bits per heavy atom. The van der Waals surface area contributed by atoms with Crippen LogP contribution in [0.1, 0.15) is 19.6 Å². The van der Waals surface area contributed by atoms with Crippen LogP contribution in [0.2, 0.25) is 0 Å². The number of hydrogen-bond donors (Lipinski definition) is 12. The summed E-state index contributed by atoms with van der Waals surface area (Å²) in [6.45, 7) is -1.29. The summed E-state index contributed by atoms with van der Waals surface area (Å²) in [5.74, 6) is -6.86.